The van der Waals surface area contributed by atoms with Gasteiger partial charge in [0.15, 0.2) is 5.13 Å². The summed E-state index contributed by atoms with van der Waals surface area (Å²) in [5, 5.41) is 6.98. The minimum Gasteiger partial charge on any atom is -0.492 e. The van der Waals surface area contributed by atoms with E-state index < -0.39 is 0 Å². The second-order valence-corrected chi connectivity index (χ2v) is 9.48. The van der Waals surface area contributed by atoms with Crippen LogP contribution in [0.5, 0.6) is 5.75 Å². The second-order valence-electron chi connectivity index (χ2n) is 6.61. The highest BCUT2D eigenvalue weighted by Crippen LogP contribution is 2.36. The molecule has 158 valence electrons. The third-order valence-electron chi connectivity index (χ3n) is 4.33. The number of carbonyl (C=O) groups excluding carboxylic acids is 1. The summed E-state index contributed by atoms with van der Waals surface area (Å²) in [5.41, 5.74) is 3.35. The summed E-state index contributed by atoms with van der Waals surface area (Å²) in [6, 6.07) is 7.11. The van der Waals surface area contributed by atoms with E-state index in [1.54, 1.807) is 18.2 Å². The van der Waals surface area contributed by atoms with Gasteiger partial charge in [-0.25, -0.2) is 4.98 Å². The van der Waals surface area contributed by atoms with E-state index in [1.807, 2.05) is 25.3 Å². The molecule has 1 heterocycles. The summed E-state index contributed by atoms with van der Waals surface area (Å²) in [7, 11) is 0. The molecule has 0 aliphatic heterocycles. The standard InChI is InChI=1S/C21H18BrCl3N2O2S/c1-11-8-17(19(22)12(2)20(11)25)29-7-3-4-18(28)27-21-26-16(10-30-21)14-6-5-13(23)9-15(14)24/h5-6,8-10H,3-4,7H2,1-2H3,(H,26,27,28). The molecule has 0 bridgehead atoms. The fraction of sp³-hybridized carbons (Fsp3) is 0.238. The highest BCUT2D eigenvalue weighted by Gasteiger charge is 2.13. The number of thiazole rings is 1. The SMILES string of the molecule is Cc1cc(OCCCC(=O)Nc2nc(-c3ccc(Cl)cc3Cl)cs2)c(Br)c(C)c1Cl. The quantitative estimate of drug-likeness (QED) is 0.305. The average Bonchev–Trinajstić information content (AvgIpc) is 3.15. The number of aromatic nitrogens is 1. The van der Waals surface area contributed by atoms with Gasteiger partial charge in [0.2, 0.25) is 5.91 Å². The average molecular weight is 549 g/mol. The number of nitrogens with zero attached hydrogens (tertiary/aromatic N) is 1. The highest BCUT2D eigenvalue weighted by atomic mass is 79.9. The first-order valence-corrected chi connectivity index (χ1v) is 11.9. The lowest BCUT2D eigenvalue weighted by atomic mass is 10.1. The van der Waals surface area contributed by atoms with E-state index in [-0.39, 0.29) is 5.91 Å². The Labute approximate surface area is 202 Å². The molecule has 0 atom stereocenters. The predicted octanol–water partition coefficient (Wildman–Crippen LogP) is 7.95. The van der Waals surface area contributed by atoms with Crippen LogP contribution in [0, 0.1) is 13.8 Å². The second kappa shape index (κ2) is 10.3. The van der Waals surface area contributed by atoms with E-state index in [1.165, 1.54) is 11.3 Å². The number of rotatable bonds is 7. The molecule has 0 aliphatic carbocycles. The van der Waals surface area contributed by atoms with Gasteiger partial charge in [-0.05, 0) is 71.6 Å². The molecule has 0 saturated carbocycles. The van der Waals surface area contributed by atoms with Crippen molar-refractivity contribution in [3.8, 4) is 17.0 Å². The number of amides is 1. The molecular weight excluding hydrogens is 531 g/mol. The third kappa shape index (κ3) is 5.68. The summed E-state index contributed by atoms with van der Waals surface area (Å²) >= 11 is 23.2. The Morgan fingerprint density at radius 2 is 2.00 bits per heavy atom. The maximum atomic E-state index is 12.2. The predicted molar refractivity (Wildman–Crippen MR) is 130 cm³/mol. The number of anilines is 1. The maximum absolute atomic E-state index is 12.2. The molecule has 0 unspecified atom stereocenters. The topological polar surface area (TPSA) is 51.2 Å². The molecule has 30 heavy (non-hydrogen) atoms. The Morgan fingerprint density at radius 1 is 1.23 bits per heavy atom. The number of aryl methyl sites for hydroxylation is 1. The lowest BCUT2D eigenvalue weighted by molar-refractivity contribution is -0.116. The van der Waals surface area contributed by atoms with Crippen molar-refractivity contribution in [2.75, 3.05) is 11.9 Å². The van der Waals surface area contributed by atoms with Crippen LogP contribution in [0.4, 0.5) is 5.13 Å². The van der Waals surface area contributed by atoms with Gasteiger partial charge < -0.3 is 10.1 Å². The zero-order valence-electron chi connectivity index (χ0n) is 16.2. The van der Waals surface area contributed by atoms with E-state index in [0.717, 1.165) is 31.9 Å². The monoisotopic (exact) mass is 546 g/mol. The van der Waals surface area contributed by atoms with Crippen LogP contribution in [0.15, 0.2) is 34.1 Å². The summed E-state index contributed by atoms with van der Waals surface area (Å²) < 4.78 is 6.65. The zero-order chi connectivity index (χ0) is 21.8. The van der Waals surface area contributed by atoms with Crippen LogP contribution >= 0.6 is 62.1 Å². The number of hydrogen-bond acceptors (Lipinski definition) is 4. The van der Waals surface area contributed by atoms with Crippen molar-refractivity contribution >= 4 is 73.1 Å². The minimum atomic E-state index is -0.121. The highest BCUT2D eigenvalue weighted by molar-refractivity contribution is 9.10. The minimum absolute atomic E-state index is 0.121. The van der Waals surface area contributed by atoms with Crippen molar-refractivity contribution in [3.63, 3.8) is 0 Å². The first-order chi connectivity index (χ1) is 14.3. The molecule has 1 N–H and O–H groups in total. The van der Waals surface area contributed by atoms with Gasteiger partial charge in [0, 0.05) is 27.4 Å². The van der Waals surface area contributed by atoms with Crippen LogP contribution in [0.1, 0.15) is 24.0 Å². The molecule has 0 aliphatic rings. The van der Waals surface area contributed by atoms with Crippen molar-refractivity contribution in [2.45, 2.75) is 26.7 Å². The van der Waals surface area contributed by atoms with Crippen molar-refractivity contribution in [1.29, 1.82) is 0 Å². The molecule has 3 rings (SSSR count). The van der Waals surface area contributed by atoms with Gasteiger partial charge in [-0.3, -0.25) is 4.79 Å². The van der Waals surface area contributed by atoms with E-state index >= 15 is 0 Å². The lowest BCUT2D eigenvalue weighted by Gasteiger charge is -2.13. The van der Waals surface area contributed by atoms with E-state index in [4.69, 9.17) is 39.5 Å². The number of halogens is 4. The number of benzene rings is 2. The normalized spacial score (nSPS) is 10.9. The number of ether oxygens (including phenoxy) is 1. The summed E-state index contributed by atoms with van der Waals surface area (Å²) in [6.45, 7) is 4.27. The van der Waals surface area contributed by atoms with Gasteiger partial charge in [0.1, 0.15) is 5.75 Å². The van der Waals surface area contributed by atoms with Crippen molar-refractivity contribution in [3.05, 3.63) is 60.3 Å². The van der Waals surface area contributed by atoms with Crippen LogP contribution in [0.25, 0.3) is 11.3 Å². The Balaban J connectivity index is 1.51. The summed E-state index contributed by atoms with van der Waals surface area (Å²) in [5.74, 6) is 0.600. The molecule has 0 radical (unpaired) electrons. The zero-order valence-corrected chi connectivity index (χ0v) is 20.9. The van der Waals surface area contributed by atoms with Gasteiger partial charge in [0.05, 0.1) is 21.8 Å². The Hall–Kier alpha value is -1.31. The maximum Gasteiger partial charge on any atom is 0.226 e. The van der Waals surface area contributed by atoms with Crippen LogP contribution in [0.2, 0.25) is 15.1 Å². The van der Waals surface area contributed by atoms with Crippen LogP contribution in [-0.2, 0) is 4.79 Å². The smallest absolute Gasteiger partial charge is 0.226 e. The molecular formula is C21H18BrCl3N2O2S. The summed E-state index contributed by atoms with van der Waals surface area (Å²) in [6.07, 6.45) is 0.889. The molecule has 9 heteroatoms. The Kier molecular flexibility index (Phi) is 8.04. The Morgan fingerprint density at radius 3 is 2.73 bits per heavy atom. The Bertz CT molecular complexity index is 1090. The molecule has 2 aromatic carbocycles. The first-order valence-electron chi connectivity index (χ1n) is 9.05. The summed E-state index contributed by atoms with van der Waals surface area (Å²) in [4.78, 5) is 16.7. The lowest BCUT2D eigenvalue weighted by Crippen LogP contribution is -2.12. The van der Waals surface area contributed by atoms with Crippen LogP contribution in [0.3, 0.4) is 0 Å². The number of carbonyl (C=O) groups is 1. The van der Waals surface area contributed by atoms with E-state index in [2.05, 4.69) is 26.2 Å². The fourth-order valence-corrected chi connectivity index (χ4v) is 4.68. The van der Waals surface area contributed by atoms with E-state index in [9.17, 15) is 4.79 Å². The van der Waals surface area contributed by atoms with Gasteiger partial charge >= 0.3 is 0 Å². The van der Waals surface area contributed by atoms with Crippen molar-refractivity contribution < 1.29 is 9.53 Å². The number of hydrogen-bond donors (Lipinski definition) is 1. The molecule has 4 nitrogen and oxygen atoms in total. The number of nitrogens with one attached hydrogen (secondary N) is 1. The van der Waals surface area contributed by atoms with Gasteiger partial charge in [0.25, 0.3) is 0 Å². The third-order valence-corrected chi connectivity index (χ3v) is 7.20. The fourth-order valence-electron chi connectivity index (χ4n) is 2.75. The van der Waals surface area contributed by atoms with Gasteiger partial charge in [-0.15, -0.1) is 11.3 Å². The molecule has 1 amide bonds. The molecule has 0 saturated heterocycles. The van der Waals surface area contributed by atoms with Crippen molar-refractivity contribution in [2.24, 2.45) is 0 Å². The van der Waals surface area contributed by atoms with Crippen LogP contribution < -0.4 is 10.1 Å². The molecule has 0 fully saturated rings. The van der Waals surface area contributed by atoms with E-state index in [0.29, 0.717) is 40.3 Å². The van der Waals surface area contributed by atoms with Gasteiger partial charge in [-0.1, -0.05) is 34.8 Å². The van der Waals surface area contributed by atoms with Crippen LogP contribution in [-0.4, -0.2) is 17.5 Å². The molecule has 0 spiro atoms. The van der Waals surface area contributed by atoms with Crippen molar-refractivity contribution in [1.82, 2.24) is 4.98 Å². The largest absolute Gasteiger partial charge is 0.492 e. The molecule has 1 aromatic heterocycles. The molecule has 3 aromatic rings. The first kappa shape index (κ1) is 23.4. The van der Waals surface area contributed by atoms with Gasteiger partial charge in [-0.2, -0.15) is 0 Å².